The van der Waals surface area contributed by atoms with Crippen molar-refractivity contribution in [3.8, 4) is 0 Å². The maximum atomic E-state index is 11.6. The van der Waals surface area contributed by atoms with Crippen LogP contribution in [0.25, 0.3) is 0 Å². The van der Waals surface area contributed by atoms with Crippen LogP contribution in [0.4, 0.5) is 5.69 Å². The highest BCUT2D eigenvalue weighted by Gasteiger charge is 2.10. The molecule has 1 aromatic rings. The Morgan fingerprint density at radius 1 is 1.53 bits per heavy atom. The summed E-state index contributed by atoms with van der Waals surface area (Å²) < 4.78 is 4.84. The van der Waals surface area contributed by atoms with Crippen molar-refractivity contribution in [3.05, 3.63) is 29.3 Å². The van der Waals surface area contributed by atoms with Gasteiger partial charge in [0.05, 0.1) is 18.7 Å². The number of benzene rings is 1. The Labute approximate surface area is 106 Å². The molecule has 4 nitrogen and oxygen atoms in total. The third-order valence-electron chi connectivity index (χ3n) is 2.33. The number of methoxy groups -OCH3 is 1. The summed E-state index contributed by atoms with van der Waals surface area (Å²) in [4.78, 5) is 11.9. The number of nitrogens with two attached hydrogens (primary N) is 1. The molecule has 1 amide bonds. The molecule has 0 aliphatic rings. The van der Waals surface area contributed by atoms with Crippen LogP contribution >= 0.6 is 12.2 Å². The first kappa shape index (κ1) is 13.6. The number of aryl methyl sites for hydroxylation is 1. The van der Waals surface area contributed by atoms with Crippen LogP contribution in [0.15, 0.2) is 18.2 Å². The van der Waals surface area contributed by atoms with Crippen LogP contribution in [0.1, 0.15) is 17.5 Å². The summed E-state index contributed by atoms with van der Waals surface area (Å²) in [6, 6.07) is 5.54. The van der Waals surface area contributed by atoms with E-state index in [9.17, 15) is 4.79 Å². The lowest BCUT2D eigenvalue weighted by atomic mass is 10.1. The molecule has 0 heterocycles. The maximum absolute atomic E-state index is 11.6. The largest absolute Gasteiger partial charge is 0.389 e. The standard InChI is InChI=1S/C12H16N2O2S/c1-8-4-3-5-9(11(8)12(13)17)14-10(15)6-7-16-2/h3-5H,6-7H2,1-2H3,(H2,13,17)(H,14,15). The van der Waals surface area contributed by atoms with Gasteiger partial charge in [-0.25, -0.2) is 0 Å². The van der Waals surface area contributed by atoms with E-state index >= 15 is 0 Å². The smallest absolute Gasteiger partial charge is 0.226 e. The molecule has 0 aliphatic heterocycles. The van der Waals surface area contributed by atoms with Gasteiger partial charge in [0.2, 0.25) is 5.91 Å². The second-order valence-corrected chi connectivity index (χ2v) is 4.09. The normalized spacial score (nSPS) is 10.0. The van der Waals surface area contributed by atoms with Gasteiger partial charge in [0.15, 0.2) is 0 Å². The molecule has 92 valence electrons. The number of thiocarbonyl (C=S) groups is 1. The SMILES string of the molecule is COCCC(=O)Nc1cccc(C)c1C(N)=S. The zero-order chi connectivity index (χ0) is 12.8. The first-order valence-corrected chi connectivity index (χ1v) is 5.65. The summed E-state index contributed by atoms with van der Waals surface area (Å²) >= 11 is 4.98. The highest BCUT2D eigenvalue weighted by atomic mass is 32.1. The molecule has 0 fully saturated rings. The minimum atomic E-state index is -0.116. The molecule has 0 aromatic heterocycles. The number of anilines is 1. The number of carbonyl (C=O) groups is 1. The number of ether oxygens (including phenoxy) is 1. The van der Waals surface area contributed by atoms with Gasteiger partial charge < -0.3 is 15.8 Å². The van der Waals surface area contributed by atoms with Crippen molar-refractivity contribution in [3.63, 3.8) is 0 Å². The average Bonchev–Trinajstić information content (AvgIpc) is 2.25. The fourth-order valence-corrected chi connectivity index (χ4v) is 1.78. The van der Waals surface area contributed by atoms with Crippen LogP contribution in [-0.4, -0.2) is 24.6 Å². The monoisotopic (exact) mass is 252 g/mol. The topological polar surface area (TPSA) is 64.3 Å². The van der Waals surface area contributed by atoms with Gasteiger partial charge in [-0.15, -0.1) is 0 Å². The van der Waals surface area contributed by atoms with E-state index in [4.69, 9.17) is 22.7 Å². The Morgan fingerprint density at radius 2 is 2.24 bits per heavy atom. The minimum Gasteiger partial charge on any atom is -0.389 e. The number of nitrogens with one attached hydrogen (secondary N) is 1. The molecule has 0 saturated heterocycles. The molecule has 1 aromatic carbocycles. The second-order valence-electron chi connectivity index (χ2n) is 3.65. The summed E-state index contributed by atoms with van der Waals surface area (Å²) in [6.07, 6.45) is 0.307. The van der Waals surface area contributed by atoms with Gasteiger partial charge in [-0.3, -0.25) is 4.79 Å². The molecular weight excluding hydrogens is 236 g/mol. The molecule has 0 unspecified atom stereocenters. The summed E-state index contributed by atoms with van der Waals surface area (Å²) in [7, 11) is 1.56. The van der Waals surface area contributed by atoms with Crippen molar-refractivity contribution in [2.45, 2.75) is 13.3 Å². The van der Waals surface area contributed by atoms with Gasteiger partial charge in [-0.1, -0.05) is 24.4 Å². The summed E-state index contributed by atoms with van der Waals surface area (Å²) in [5, 5.41) is 2.78. The molecular formula is C12H16N2O2S. The van der Waals surface area contributed by atoms with Crippen LogP contribution in [0.3, 0.4) is 0 Å². The van der Waals surface area contributed by atoms with E-state index in [1.54, 1.807) is 13.2 Å². The van der Waals surface area contributed by atoms with Crippen molar-refractivity contribution >= 4 is 28.8 Å². The molecule has 0 radical (unpaired) electrons. The maximum Gasteiger partial charge on any atom is 0.226 e. The van der Waals surface area contributed by atoms with Crippen molar-refractivity contribution in [1.29, 1.82) is 0 Å². The highest BCUT2D eigenvalue weighted by Crippen LogP contribution is 2.19. The summed E-state index contributed by atoms with van der Waals surface area (Å²) in [5.74, 6) is -0.116. The molecule has 0 saturated carbocycles. The molecule has 0 spiro atoms. The molecule has 17 heavy (non-hydrogen) atoms. The molecule has 5 heteroatoms. The van der Waals surface area contributed by atoms with Gasteiger partial charge in [0.25, 0.3) is 0 Å². The first-order chi connectivity index (χ1) is 8.06. The molecule has 3 N–H and O–H groups in total. The van der Waals surface area contributed by atoms with Crippen LogP contribution in [0, 0.1) is 6.92 Å². The van der Waals surface area contributed by atoms with Crippen molar-refractivity contribution in [1.82, 2.24) is 0 Å². The van der Waals surface area contributed by atoms with E-state index in [0.29, 0.717) is 24.3 Å². The summed E-state index contributed by atoms with van der Waals surface area (Å²) in [5.41, 5.74) is 7.96. The lowest BCUT2D eigenvalue weighted by molar-refractivity contribution is -0.117. The quantitative estimate of drug-likeness (QED) is 0.781. The Kier molecular flexibility index (Phi) is 5.06. The van der Waals surface area contributed by atoms with Gasteiger partial charge in [-0.2, -0.15) is 0 Å². The van der Waals surface area contributed by atoms with E-state index in [1.807, 2.05) is 19.1 Å². The zero-order valence-electron chi connectivity index (χ0n) is 9.95. The van der Waals surface area contributed by atoms with Gasteiger partial charge in [0, 0.05) is 12.7 Å². The van der Waals surface area contributed by atoms with Gasteiger partial charge >= 0.3 is 0 Å². The molecule has 0 bridgehead atoms. The zero-order valence-corrected chi connectivity index (χ0v) is 10.8. The molecule has 1 rings (SSSR count). The minimum absolute atomic E-state index is 0.116. The Hall–Kier alpha value is -1.46. The van der Waals surface area contributed by atoms with Crippen molar-refractivity contribution < 1.29 is 9.53 Å². The van der Waals surface area contributed by atoms with E-state index in [0.717, 1.165) is 5.56 Å². The predicted molar refractivity (Wildman–Crippen MR) is 72.2 cm³/mol. The van der Waals surface area contributed by atoms with Crippen molar-refractivity contribution in [2.75, 3.05) is 19.0 Å². The lowest BCUT2D eigenvalue weighted by Gasteiger charge is -2.12. The first-order valence-electron chi connectivity index (χ1n) is 5.24. The number of hydrogen-bond acceptors (Lipinski definition) is 3. The fraction of sp³-hybridized carbons (Fsp3) is 0.333. The third-order valence-corrected chi connectivity index (χ3v) is 2.53. The lowest BCUT2D eigenvalue weighted by Crippen LogP contribution is -2.19. The Balaban J connectivity index is 2.87. The van der Waals surface area contributed by atoms with Crippen LogP contribution in [-0.2, 0) is 9.53 Å². The Morgan fingerprint density at radius 3 is 2.82 bits per heavy atom. The fourth-order valence-electron chi connectivity index (χ4n) is 1.51. The predicted octanol–water partition coefficient (Wildman–Crippen LogP) is 1.60. The highest BCUT2D eigenvalue weighted by molar-refractivity contribution is 7.80. The number of carbonyl (C=O) groups excluding carboxylic acids is 1. The van der Waals surface area contributed by atoms with Gasteiger partial charge in [0.1, 0.15) is 4.99 Å². The van der Waals surface area contributed by atoms with E-state index in [2.05, 4.69) is 5.32 Å². The average molecular weight is 252 g/mol. The third kappa shape index (κ3) is 3.80. The number of amides is 1. The molecule has 0 atom stereocenters. The van der Waals surface area contributed by atoms with E-state index < -0.39 is 0 Å². The molecule has 0 aliphatic carbocycles. The Bertz CT molecular complexity index is 433. The van der Waals surface area contributed by atoms with Gasteiger partial charge in [-0.05, 0) is 18.6 Å². The van der Waals surface area contributed by atoms with E-state index in [-0.39, 0.29) is 10.9 Å². The van der Waals surface area contributed by atoms with Crippen LogP contribution in [0.5, 0.6) is 0 Å². The number of rotatable bonds is 5. The number of hydrogen-bond donors (Lipinski definition) is 2. The van der Waals surface area contributed by atoms with E-state index in [1.165, 1.54) is 0 Å². The van der Waals surface area contributed by atoms with Crippen molar-refractivity contribution in [2.24, 2.45) is 5.73 Å². The second kappa shape index (κ2) is 6.32. The van der Waals surface area contributed by atoms with Crippen LogP contribution in [0.2, 0.25) is 0 Å². The van der Waals surface area contributed by atoms with Crippen LogP contribution < -0.4 is 11.1 Å². The summed E-state index contributed by atoms with van der Waals surface area (Å²) in [6.45, 7) is 2.29.